The fraction of sp³-hybridized carbons (Fsp3) is 0.176. The fourth-order valence-electron chi connectivity index (χ4n) is 2.35. The summed E-state index contributed by atoms with van der Waals surface area (Å²) < 4.78 is 5.51. The number of carbonyl (C=O) groups is 1. The van der Waals surface area contributed by atoms with Gasteiger partial charge < -0.3 is 10.5 Å². The molecule has 0 unspecified atom stereocenters. The average molecular weight is 339 g/mol. The zero-order valence-electron chi connectivity index (χ0n) is 13.8. The molecule has 0 aliphatic carbocycles. The van der Waals surface area contributed by atoms with Crippen LogP contribution in [0.3, 0.4) is 0 Å². The number of rotatable bonds is 5. The fourth-order valence-corrected chi connectivity index (χ4v) is 2.35. The smallest absolute Gasteiger partial charge is 0.274 e. The van der Waals surface area contributed by atoms with Crippen LogP contribution in [0.5, 0.6) is 5.88 Å². The Morgan fingerprint density at radius 3 is 2.56 bits per heavy atom. The molecule has 3 rings (SSSR count). The van der Waals surface area contributed by atoms with Gasteiger partial charge in [0.2, 0.25) is 11.8 Å². The summed E-state index contributed by atoms with van der Waals surface area (Å²) in [6.45, 7) is 2.30. The van der Waals surface area contributed by atoms with Gasteiger partial charge in [-0.25, -0.2) is 15.4 Å². The van der Waals surface area contributed by atoms with Crippen molar-refractivity contribution in [3.8, 4) is 17.1 Å². The third-order valence-electron chi connectivity index (χ3n) is 3.45. The van der Waals surface area contributed by atoms with Crippen LogP contribution in [-0.2, 0) is 4.84 Å². The number of benzene rings is 1. The predicted octanol–water partition coefficient (Wildman–Crippen LogP) is 1.96. The molecule has 3 aromatic rings. The Kier molecular flexibility index (Phi) is 4.71. The van der Waals surface area contributed by atoms with Gasteiger partial charge in [-0.05, 0) is 31.2 Å². The molecule has 2 heterocycles. The molecule has 128 valence electrons. The summed E-state index contributed by atoms with van der Waals surface area (Å²) in [6.07, 6.45) is 0. The van der Waals surface area contributed by atoms with E-state index in [1.54, 1.807) is 24.3 Å². The van der Waals surface area contributed by atoms with Crippen molar-refractivity contribution in [2.45, 2.75) is 6.92 Å². The molecular formula is C17H17N5O3. The predicted molar refractivity (Wildman–Crippen MR) is 92.8 cm³/mol. The van der Waals surface area contributed by atoms with Crippen molar-refractivity contribution in [2.75, 3.05) is 19.5 Å². The lowest BCUT2D eigenvalue weighted by Gasteiger charge is -2.08. The van der Waals surface area contributed by atoms with Crippen LogP contribution in [0.25, 0.3) is 22.3 Å². The minimum atomic E-state index is -0.317. The van der Waals surface area contributed by atoms with E-state index in [9.17, 15) is 4.79 Å². The summed E-state index contributed by atoms with van der Waals surface area (Å²) in [5.41, 5.74) is 11.1. The molecule has 0 bridgehead atoms. The maximum absolute atomic E-state index is 11.7. The third-order valence-corrected chi connectivity index (χ3v) is 3.45. The number of nitrogen functional groups attached to an aromatic ring is 1. The van der Waals surface area contributed by atoms with Gasteiger partial charge in [-0.15, -0.1) is 0 Å². The minimum Gasteiger partial charge on any atom is -0.476 e. The number of fused-ring (bicyclic) bond motifs is 1. The quantitative estimate of drug-likeness (QED) is 0.683. The Hall–Kier alpha value is -3.26. The molecular weight excluding hydrogens is 322 g/mol. The highest BCUT2D eigenvalue weighted by Gasteiger charge is 2.11. The summed E-state index contributed by atoms with van der Waals surface area (Å²) >= 11 is 0. The summed E-state index contributed by atoms with van der Waals surface area (Å²) in [5.74, 6) is 0.171. The zero-order chi connectivity index (χ0) is 17.8. The van der Waals surface area contributed by atoms with Crippen LogP contribution in [0.2, 0.25) is 0 Å². The van der Waals surface area contributed by atoms with E-state index in [2.05, 4.69) is 25.3 Å². The van der Waals surface area contributed by atoms with Crippen molar-refractivity contribution < 1.29 is 14.4 Å². The maximum atomic E-state index is 11.7. The van der Waals surface area contributed by atoms with Gasteiger partial charge in [0.25, 0.3) is 5.91 Å². The monoisotopic (exact) mass is 339 g/mol. The van der Waals surface area contributed by atoms with Crippen LogP contribution < -0.4 is 16.0 Å². The lowest BCUT2D eigenvalue weighted by molar-refractivity contribution is 0.0537. The number of nitrogens with one attached hydrogen (secondary N) is 1. The number of ether oxygens (including phenoxy) is 1. The molecule has 8 nitrogen and oxygen atoms in total. The van der Waals surface area contributed by atoms with E-state index in [4.69, 9.17) is 10.5 Å². The maximum Gasteiger partial charge on any atom is 0.274 e. The number of nitrogens with two attached hydrogens (primary N) is 1. The highest BCUT2D eigenvalue weighted by molar-refractivity contribution is 5.94. The van der Waals surface area contributed by atoms with E-state index >= 15 is 0 Å². The second kappa shape index (κ2) is 7.10. The highest BCUT2D eigenvalue weighted by Crippen LogP contribution is 2.26. The number of hydrogen-bond donors (Lipinski definition) is 2. The number of nitrogens with zero attached hydrogens (tertiary/aromatic N) is 3. The van der Waals surface area contributed by atoms with Crippen molar-refractivity contribution in [1.29, 1.82) is 0 Å². The molecule has 0 saturated carbocycles. The molecule has 0 saturated heterocycles. The minimum absolute atomic E-state index is 0.138. The third kappa shape index (κ3) is 3.48. The first-order valence-corrected chi connectivity index (χ1v) is 7.63. The topological polar surface area (TPSA) is 112 Å². The molecule has 0 spiro atoms. The standard InChI is InChI=1S/C17H17N5O3/c1-3-25-16-14-13(20-17(18)21-16)9-8-12(19-14)10-4-6-11(7-5-10)15(23)22-24-2/h4-9H,3H2,1-2H3,(H,22,23)(H2,18,20,21). The highest BCUT2D eigenvalue weighted by atomic mass is 16.6. The van der Waals surface area contributed by atoms with E-state index in [0.717, 1.165) is 5.56 Å². The largest absolute Gasteiger partial charge is 0.476 e. The zero-order valence-corrected chi connectivity index (χ0v) is 13.8. The number of anilines is 1. The second-order valence-corrected chi connectivity index (χ2v) is 5.10. The Balaban J connectivity index is 2.00. The van der Waals surface area contributed by atoms with E-state index < -0.39 is 0 Å². The van der Waals surface area contributed by atoms with Crippen LogP contribution in [-0.4, -0.2) is 34.6 Å². The van der Waals surface area contributed by atoms with Gasteiger partial charge in [0, 0.05) is 11.1 Å². The first-order chi connectivity index (χ1) is 12.1. The molecule has 0 fully saturated rings. The number of hydrogen-bond acceptors (Lipinski definition) is 7. The van der Waals surface area contributed by atoms with E-state index in [1.165, 1.54) is 7.11 Å². The lowest BCUT2D eigenvalue weighted by atomic mass is 10.1. The normalized spacial score (nSPS) is 10.6. The molecule has 0 aliphatic heterocycles. The van der Waals surface area contributed by atoms with Crippen LogP contribution in [0.1, 0.15) is 17.3 Å². The van der Waals surface area contributed by atoms with E-state index in [0.29, 0.717) is 34.8 Å². The Morgan fingerprint density at radius 2 is 1.88 bits per heavy atom. The van der Waals surface area contributed by atoms with Crippen molar-refractivity contribution in [3.05, 3.63) is 42.0 Å². The Morgan fingerprint density at radius 1 is 1.12 bits per heavy atom. The van der Waals surface area contributed by atoms with Gasteiger partial charge >= 0.3 is 0 Å². The molecule has 1 aromatic carbocycles. The SMILES string of the molecule is CCOc1nc(N)nc2ccc(-c3ccc(C(=O)NOC)cc3)nc12. The van der Waals surface area contributed by atoms with Gasteiger partial charge in [-0.1, -0.05) is 12.1 Å². The van der Waals surface area contributed by atoms with Crippen LogP contribution in [0.4, 0.5) is 5.95 Å². The van der Waals surface area contributed by atoms with E-state index in [-0.39, 0.29) is 11.9 Å². The molecule has 0 radical (unpaired) electrons. The van der Waals surface area contributed by atoms with Crippen molar-refractivity contribution in [3.63, 3.8) is 0 Å². The number of carbonyl (C=O) groups excluding carboxylic acids is 1. The first kappa shape index (κ1) is 16.6. The first-order valence-electron chi connectivity index (χ1n) is 7.63. The van der Waals surface area contributed by atoms with Crippen LogP contribution in [0.15, 0.2) is 36.4 Å². The van der Waals surface area contributed by atoms with E-state index in [1.807, 2.05) is 19.1 Å². The van der Waals surface area contributed by atoms with Gasteiger partial charge in [-0.2, -0.15) is 4.98 Å². The lowest BCUT2D eigenvalue weighted by Crippen LogP contribution is -2.21. The number of pyridine rings is 1. The number of hydroxylamine groups is 1. The van der Waals surface area contributed by atoms with Gasteiger partial charge in [0.15, 0.2) is 5.52 Å². The molecule has 1 amide bonds. The summed E-state index contributed by atoms with van der Waals surface area (Å²) in [4.78, 5) is 29.2. The number of aromatic nitrogens is 3. The molecule has 3 N–H and O–H groups in total. The van der Waals surface area contributed by atoms with Crippen molar-refractivity contribution in [1.82, 2.24) is 20.4 Å². The van der Waals surface area contributed by atoms with Crippen molar-refractivity contribution >= 4 is 22.9 Å². The Labute approximate surface area is 144 Å². The Bertz CT molecular complexity index is 912. The second-order valence-electron chi connectivity index (χ2n) is 5.10. The van der Waals surface area contributed by atoms with Gasteiger partial charge in [0.1, 0.15) is 0 Å². The van der Waals surface area contributed by atoms with Gasteiger partial charge in [0.05, 0.1) is 24.9 Å². The van der Waals surface area contributed by atoms with Crippen LogP contribution in [0, 0.1) is 0 Å². The summed E-state index contributed by atoms with van der Waals surface area (Å²) in [5, 5.41) is 0. The van der Waals surface area contributed by atoms with Gasteiger partial charge in [-0.3, -0.25) is 9.63 Å². The van der Waals surface area contributed by atoms with Crippen LogP contribution >= 0.6 is 0 Å². The molecule has 2 aromatic heterocycles. The number of amides is 1. The average Bonchev–Trinajstić information content (AvgIpc) is 2.62. The van der Waals surface area contributed by atoms with Crippen molar-refractivity contribution in [2.24, 2.45) is 0 Å². The summed E-state index contributed by atoms with van der Waals surface area (Å²) in [7, 11) is 1.38. The molecule has 8 heteroatoms. The molecule has 0 atom stereocenters. The molecule has 0 aliphatic rings. The molecule has 25 heavy (non-hydrogen) atoms. The summed E-state index contributed by atoms with van der Waals surface area (Å²) in [6, 6.07) is 10.6.